The van der Waals surface area contributed by atoms with Crippen molar-refractivity contribution in [2.45, 2.75) is 51.1 Å². The molecule has 27 heavy (non-hydrogen) atoms. The number of halogens is 1. The molecule has 2 bridgehead atoms. The normalized spacial score (nSPS) is 31.0. The maximum Gasteiger partial charge on any atom is 0.318 e. The minimum atomic E-state index is -0.136. The van der Waals surface area contributed by atoms with Crippen LogP contribution in [-0.2, 0) is 6.42 Å². The molecule has 4 atom stereocenters. The molecule has 0 saturated carbocycles. The van der Waals surface area contributed by atoms with Gasteiger partial charge >= 0.3 is 6.01 Å². The smallest absolute Gasteiger partial charge is 0.318 e. The molecule has 6 heteroatoms. The van der Waals surface area contributed by atoms with Gasteiger partial charge in [-0.25, -0.2) is 4.39 Å². The number of piperidine rings is 3. The Morgan fingerprint density at radius 1 is 1.19 bits per heavy atom. The van der Waals surface area contributed by atoms with Crippen molar-refractivity contribution >= 4 is 6.01 Å². The van der Waals surface area contributed by atoms with E-state index in [1.54, 1.807) is 6.07 Å². The lowest BCUT2D eigenvalue weighted by Crippen LogP contribution is -2.64. The molecule has 0 aliphatic carbocycles. The van der Waals surface area contributed by atoms with E-state index in [2.05, 4.69) is 26.1 Å². The highest BCUT2D eigenvalue weighted by Gasteiger charge is 2.47. The van der Waals surface area contributed by atoms with Crippen LogP contribution in [0.1, 0.15) is 37.1 Å². The summed E-state index contributed by atoms with van der Waals surface area (Å²) in [5.41, 5.74) is 1.11. The van der Waals surface area contributed by atoms with Gasteiger partial charge in [-0.3, -0.25) is 4.90 Å². The Kier molecular flexibility index (Phi) is 4.38. The number of hydrogen-bond donors (Lipinski definition) is 0. The number of hydrogen-bond acceptors (Lipinski definition) is 5. The van der Waals surface area contributed by atoms with Crippen molar-refractivity contribution in [3.05, 3.63) is 41.5 Å². The summed E-state index contributed by atoms with van der Waals surface area (Å²) in [6, 6.07) is 8.88. The van der Waals surface area contributed by atoms with E-state index < -0.39 is 0 Å². The molecule has 3 aliphatic heterocycles. The first-order valence-corrected chi connectivity index (χ1v) is 10.2. The Hall–Kier alpha value is -1.95. The van der Waals surface area contributed by atoms with E-state index in [4.69, 9.17) is 4.42 Å². The lowest BCUT2D eigenvalue weighted by molar-refractivity contribution is -0.0325. The molecule has 0 unspecified atom stereocenters. The zero-order chi connectivity index (χ0) is 18.4. The van der Waals surface area contributed by atoms with Gasteiger partial charge in [0, 0.05) is 32.1 Å². The molecule has 1 aromatic carbocycles. The molecular weight excluding hydrogens is 343 g/mol. The van der Waals surface area contributed by atoms with Gasteiger partial charge in [0.25, 0.3) is 0 Å². The summed E-state index contributed by atoms with van der Waals surface area (Å²) in [4.78, 5) is 5.05. The average molecular weight is 370 g/mol. The zero-order valence-electron chi connectivity index (χ0n) is 15.9. The molecule has 1 aromatic heterocycles. The van der Waals surface area contributed by atoms with Gasteiger partial charge in [0.15, 0.2) is 0 Å². The molecule has 0 amide bonds. The van der Waals surface area contributed by atoms with Gasteiger partial charge in [0.2, 0.25) is 5.89 Å². The van der Waals surface area contributed by atoms with E-state index in [-0.39, 0.29) is 5.82 Å². The van der Waals surface area contributed by atoms with Crippen LogP contribution in [0.25, 0.3) is 0 Å². The van der Waals surface area contributed by atoms with Crippen molar-refractivity contribution < 1.29 is 8.81 Å². The second-order valence-electron chi connectivity index (χ2n) is 8.47. The highest BCUT2D eigenvalue weighted by Crippen LogP contribution is 2.42. The van der Waals surface area contributed by atoms with E-state index in [1.165, 1.54) is 38.3 Å². The lowest BCUT2D eigenvalue weighted by atomic mass is 9.71. The fourth-order valence-electron chi connectivity index (χ4n) is 5.66. The third kappa shape index (κ3) is 3.24. The fourth-order valence-corrected chi connectivity index (χ4v) is 5.66. The van der Waals surface area contributed by atoms with Gasteiger partial charge in [0.1, 0.15) is 5.82 Å². The lowest BCUT2D eigenvalue weighted by Gasteiger charge is -2.56. The maximum absolute atomic E-state index is 13.7. The minimum absolute atomic E-state index is 0.136. The largest absolute Gasteiger partial charge is 0.408 e. The summed E-state index contributed by atoms with van der Waals surface area (Å²) < 4.78 is 19.5. The van der Waals surface area contributed by atoms with E-state index in [1.807, 2.05) is 13.0 Å². The Balaban J connectivity index is 1.43. The molecular formula is C21H27FN4O. The third-order valence-electron chi connectivity index (χ3n) is 6.74. The van der Waals surface area contributed by atoms with Crippen LogP contribution in [-0.4, -0.2) is 46.8 Å². The van der Waals surface area contributed by atoms with Gasteiger partial charge < -0.3 is 9.32 Å². The van der Waals surface area contributed by atoms with Crippen LogP contribution in [0, 0.1) is 24.6 Å². The molecule has 0 spiro atoms. The van der Waals surface area contributed by atoms with E-state index in [0.29, 0.717) is 35.8 Å². The number of benzene rings is 1. The zero-order valence-corrected chi connectivity index (χ0v) is 15.9. The van der Waals surface area contributed by atoms with Crippen LogP contribution in [0.4, 0.5) is 10.4 Å². The van der Waals surface area contributed by atoms with E-state index >= 15 is 0 Å². The van der Waals surface area contributed by atoms with Gasteiger partial charge in [-0.2, -0.15) is 0 Å². The Labute approximate surface area is 159 Å². The van der Waals surface area contributed by atoms with Crippen LogP contribution >= 0.6 is 0 Å². The molecule has 3 aliphatic rings. The number of anilines is 1. The maximum atomic E-state index is 13.7. The van der Waals surface area contributed by atoms with Crippen molar-refractivity contribution in [1.29, 1.82) is 0 Å². The molecule has 5 nitrogen and oxygen atoms in total. The van der Waals surface area contributed by atoms with Crippen molar-refractivity contribution in [1.82, 2.24) is 15.1 Å². The first kappa shape index (κ1) is 17.2. The molecule has 3 saturated heterocycles. The number of fused-ring (bicyclic) bond motifs is 4. The predicted octanol–water partition coefficient (Wildman–Crippen LogP) is 3.44. The number of rotatable bonds is 3. The molecule has 4 heterocycles. The number of aryl methyl sites for hydroxylation is 1. The summed E-state index contributed by atoms with van der Waals surface area (Å²) in [7, 11) is 0. The van der Waals surface area contributed by atoms with Gasteiger partial charge in [-0.05, 0) is 61.8 Å². The van der Waals surface area contributed by atoms with Crippen molar-refractivity contribution in [2.24, 2.45) is 11.8 Å². The predicted molar refractivity (Wildman–Crippen MR) is 101 cm³/mol. The Bertz CT molecular complexity index is 809. The monoisotopic (exact) mass is 370 g/mol. The summed E-state index contributed by atoms with van der Waals surface area (Å²) in [6.07, 6.45) is 6.04. The Morgan fingerprint density at radius 3 is 2.89 bits per heavy atom. The molecule has 0 radical (unpaired) electrons. The van der Waals surface area contributed by atoms with Crippen LogP contribution in [0.5, 0.6) is 0 Å². The summed E-state index contributed by atoms with van der Waals surface area (Å²) in [6.45, 7) is 4.97. The Morgan fingerprint density at radius 2 is 2.07 bits per heavy atom. The molecule has 2 aromatic rings. The fraction of sp³-hybridized carbons (Fsp3) is 0.619. The second-order valence-corrected chi connectivity index (χ2v) is 8.47. The number of nitrogens with zero attached hydrogens (tertiary/aromatic N) is 4. The quantitative estimate of drug-likeness (QED) is 0.828. The van der Waals surface area contributed by atoms with Crippen LogP contribution in [0.2, 0.25) is 0 Å². The minimum Gasteiger partial charge on any atom is -0.408 e. The first-order valence-electron chi connectivity index (χ1n) is 10.2. The van der Waals surface area contributed by atoms with E-state index in [9.17, 15) is 4.39 Å². The van der Waals surface area contributed by atoms with Gasteiger partial charge in [-0.1, -0.05) is 23.7 Å². The third-order valence-corrected chi connectivity index (χ3v) is 6.74. The summed E-state index contributed by atoms with van der Waals surface area (Å²) in [5.74, 6) is 1.69. The highest BCUT2D eigenvalue weighted by atomic mass is 19.1. The molecule has 0 N–H and O–H groups in total. The average Bonchev–Trinajstić information content (AvgIpc) is 3.12. The first-order chi connectivity index (χ1) is 13.2. The van der Waals surface area contributed by atoms with Crippen LogP contribution < -0.4 is 4.90 Å². The SMILES string of the molecule is Cc1nnc(N2C[C@H]3C[C@@H](C2)[C@H](Cc2cccc(F)c2)N2CCCC[C@@H]32)o1. The second kappa shape index (κ2) is 6.89. The van der Waals surface area contributed by atoms with Crippen LogP contribution in [0.3, 0.4) is 0 Å². The van der Waals surface area contributed by atoms with Gasteiger partial charge in [-0.15, -0.1) is 5.10 Å². The van der Waals surface area contributed by atoms with Crippen molar-refractivity contribution in [3.63, 3.8) is 0 Å². The van der Waals surface area contributed by atoms with Crippen molar-refractivity contribution in [3.8, 4) is 0 Å². The molecule has 3 fully saturated rings. The topological polar surface area (TPSA) is 45.4 Å². The summed E-state index contributed by atoms with van der Waals surface area (Å²) >= 11 is 0. The summed E-state index contributed by atoms with van der Waals surface area (Å²) in [5, 5.41) is 8.29. The van der Waals surface area contributed by atoms with Crippen LogP contribution in [0.15, 0.2) is 28.7 Å². The number of aromatic nitrogens is 2. The standard InChI is InChI=1S/C21H27FN4O/c1-14-23-24-21(27-14)25-12-16-11-17(13-25)20(26-8-3-2-7-19(16)26)10-15-5-4-6-18(22)9-15/h4-6,9,16-17,19-20H,2-3,7-8,10-13H2,1H3/t16-,17+,19+,20+/m1/s1. The van der Waals surface area contributed by atoms with Gasteiger partial charge in [0.05, 0.1) is 0 Å². The molecule has 144 valence electrons. The van der Waals surface area contributed by atoms with E-state index in [0.717, 1.165) is 25.1 Å². The van der Waals surface area contributed by atoms with Crippen molar-refractivity contribution in [2.75, 3.05) is 24.5 Å². The molecule has 5 rings (SSSR count). The highest BCUT2D eigenvalue weighted by molar-refractivity contribution is 5.28.